The number of carbonyl (C=O) groups excluding carboxylic acids is 1. The van der Waals surface area contributed by atoms with E-state index in [0.717, 1.165) is 51.3 Å². The first-order valence-electron chi connectivity index (χ1n) is 8.77. The summed E-state index contributed by atoms with van der Waals surface area (Å²) in [5.74, 6) is 1.02. The third-order valence-electron chi connectivity index (χ3n) is 5.29. The predicted octanol–water partition coefficient (Wildman–Crippen LogP) is 1.80. The first kappa shape index (κ1) is 16.0. The van der Waals surface area contributed by atoms with Crippen molar-refractivity contribution >= 4 is 27.5 Å². The van der Waals surface area contributed by atoms with Crippen LogP contribution < -0.4 is 5.32 Å². The largest absolute Gasteiger partial charge is 0.340 e. The molecule has 0 radical (unpaired) electrons. The van der Waals surface area contributed by atoms with Gasteiger partial charge in [0.25, 0.3) is 0 Å². The summed E-state index contributed by atoms with van der Waals surface area (Å²) in [4.78, 5) is 21.8. The molecule has 1 aromatic heterocycles. The molecule has 1 unspecified atom stereocenters. The van der Waals surface area contributed by atoms with Crippen LogP contribution in [0.3, 0.4) is 0 Å². The molecule has 3 heterocycles. The first-order valence-corrected chi connectivity index (χ1v) is 9.58. The highest BCUT2D eigenvalue weighted by Crippen LogP contribution is 2.23. The van der Waals surface area contributed by atoms with E-state index < -0.39 is 0 Å². The Bertz CT molecular complexity index is 686. The standard InChI is InChI=1S/C18H24N4OS/c1-13(14-10-19-11-14)18(23)22-8-6-21(7-9-22)12-17-20-15-4-2-3-5-16(15)24-17/h2-5,13-14,19H,6-12H2,1H3. The van der Waals surface area contributed by atoms with Crippen molar-refractivity contribution < 1.29 is 4.79 Å². The Morgan fingerprint density at radius 3 is 2.71 bits per heavy atom. The van der Waals surface area contributed by atoms with Gasteiger partial charge < -0.3 is 10.2 Å². The molecule has 0 saturated carbocycles. The lowest BCUT2D eigenvalue weighted by atomic mass is 9.88. The van der Waals surface area contributed by atoms with Crippen LogP contribution in [0.4, 0.5) is 0 Å². The minimum absolute atomic E-state index is 0.155. The maximum atomic E-state index is 12.6. The summed E-state index contributed by atoms with van der Waals surface area (Å²) in [5, 5.41) is 4.43. The van der Waals surface area contributed by atoms with E-state index in [4.69, 9.17) is 4.98 Å². The molecule has 1 amide bonds. The van der Waals surface area contributed by atoms with Crippen molar-refractivity contribution in [3.05, 3.63) is 29.3 Å². The van der Waals surface area contributed by atoms with Crippen LogP contribution in [0.5, 0.6) is 0 Å². The molecule has 0 spiro atoms. The number of piperazine rings is 1. The molecule has 24 heavy (non-hydrogen) atoms. The molecule has 128 valence electrons. The van der Waals surface area contributed by atoms with Gasteiger partial charge in [0.1, 0.15) is 5.01 Å². The number of nitrogens with one attached hydrogen (secondary N) is 1. The summed E-state index contributed by atoms with van der Waals surface area (Å²) in [6.45, 7) is 8.52. The van der Waals surface area contributed by atoms with Gasteiger partial charge in [-0.3, -0.25) is 9.69 Å². The Kier molecular flexibility index (Phi) is 4.52. The van der Waals surface area contributed by atoms with Crippen molar-refractivity contribution in [2.75, 3.05) is 39.3 Å². The average Bonchev–Trinajstić information content (AvgIpc) is 2.95. The first-order chi connectivity index (χ1) is 11.7. The van der Waals surface area contributed by atoms with Crippen LogP contribution in [0.1, 0.15) is 11.9 Å². The zero-order valence-electron chi connectivity index (χ0n) is 14.1. The number of amides is 1. The summed E-state index contributed by atoms with van der Waals surface area (Å²) in [6.07, 6.45) is 0. The van der Waals surface area contributed by atoms with Gasteiger partial charge in [-0.05, 0) is 31.1 Å². The van der Waals surface area contributed by atoms with Gasteiger partial charge in [-0.15, -0.1) is 11.3 Å². The van der Waals surface area contributed by atoms with E-state index in [1.807, 2.05) is 6.07 Å². The van der Waals surface area contributed by atoms with Crippen molar-refractivity contribution in [2.24, 2.45) is 11.8 Å². The lowest BCUT2D eigenvalue weighted by Crippen LogP contribution is -2.54. The highest BCUT2D eigenvalue weighted by molar-refractivity contribution is 7.18. The van der Waals surface area contributed by atoms with E-state index in [0.29, 0.717) is 11.8 Å². The third kappa shape index (κ3) is 3.18. The summed E-state index contributed by atoms with van der Waals surface area (Å²) >= 11 is 1.78. The minimum atomic E-state index is 0.155. The number of benzene rings is 1. The number of para-hydroxylation sites is 1. The molecular weight excluding hydrogens is 320 g/mol. The number of thiazole rings is 1. The monoisotopic (exact) mass is 344 g/mol. The second-order valence-electron chi connectivity index (χ2n) is 6.88. The molecule has 1 aromatic carbocycles. The number of hydrogen-bond donors (Lipinski definition) is 1. The normalized spacial score (nSPS) is 21.0. The van der Waals surface area contributed by atoms with Gasteiger partial charge >= 0.3 is 0 Å². The Hall–Kier alpha value is -1.50. The van der Waals surface area contributed by atoms with E-state index in [1.54, 1.807) is 11.3 Å². The van der Waals surface area contributed by atoms with Gasteiger partial charge in [0.05, 0.1) is 16.8 Å². The molecule has 1 N–H and O–H groups in total. The topological polar surface area (TPSA) is 48.5 Å². The van der Waals surface area contributed by atoms with Gasteiger partial charge in [-0.1, -0.05) is 19.1 Å². The van der Waals surface area contributed by atoms with Crippen LogP contribution in [0, 0.1) is 11.8 Å². The van der Waals surface area contributed by atoms with Gasteiger partial charge in [-0.25, -0.2) is 4.98 Å². The Labute approximate surface area is 146 Å². The zero-order chi connectivity index (χ0) is 16.5. The number of aromatic nitrogens is 1. The number of hydrogen-bond acceptors (Lipinski definition) is 5. The fourth-order valence-corrected chi connectivity index (χ4v) is 4.47. The Morgan fingerprint density at radius 1 is 1.29 bits per heavy atom. The van der Waals surface area contributed by atoms with Crippen molar-refractivity contribution in [2.45, 2.75) is 13.5 Å². The maximum Gasteiger partial charge on any atom is 0.225 e. The molecule has 2 aliphatic heterocycles. The van der Waals surface area contributed by atoms with Gasteiger partial charge in [0.2, 0.25) is 5.91 Å². The smallest absolute Gasteiger partial charge is 0.225 e. The molecular formula is C18H24N4OS. The van der Waals surface area contributed by atoms with Crippen LogP contribution in [0.2, 0.25) is 0 Å². The highest BCUT2D eigenvalue weighted by atomic mass is 32.1. The van der Waals surface area contributed by atoms with Crippen LogP contribution in [0.15, 0.2) is 24.3 Å². The summed E-state index contributed by atoms with van der Waals surface area (Å²) < 4.78 is 1.25. The van der Waals surface area contributed by atoms with Crippen molar-refractivity contribution in [1.82, 2.24) is 20.1 Å². The Morgan fingerprint density at radius 2 is 2.04 bits per heavy atom. The van der Waals surface area contributed by atoms with Crippen LogP contribution in [-0.4, -0.2) is 60.0 Å². The fraction of sp³-hybridized carbons (Fsp3) is 0.556. The zero-order valence-corrected chi connectivity index (χ0v) is 14.9. The van der Waals surface area contributed by atoms with Crippen LogP contribution in [0.25, 0.3) is 10.2 Å². The molecule has 5 nitrogen and oxygen atoms in total. The highest BCUT2D eigenvalue weighted by Gasteiger charge is 2.32. The molecule has 0 aliphatic carbocycles. The van der Waals surface area contributed by atoms with Gasteiger partial charge in [-0.2, -0.15) is 0 Å². The lowest BCUT2D eigenvalue weighted by Gasteiger charge is -2.39. The number of carbonyl (C=O) groups is 1. The molecule has 6 heteroatoms. The fourth-order valence-electron chi connectivity index (χ4n) is 3.46. The predicted molar refractivity (Wildman–Crippen MR) is 97.0 cm³/mol. The van der Waals surface area contributed by atoms with Gasteiger partial charge in [0, 0.05) is 32.1 Å². The number of fused-ring (bicyclic) bond motifs is 1. The van der Waals surface area contributed by atoms with Crippen LogP contribution in [-0.2, 0) is 11.3 Å². The second kappa shape index (κ2) is 6.78. The molecule has 0 bridgehead atoms. The SMILES string of the molecule is CC(C(=O)N1CCN(Cc2nc3ccccc3s2)CC1)C1CNC1. The van der Waals surface area contributed by atoms with Crippen molar-refractivity contribution in [3.63, 3.8) is 0 Å². The summed E-state index contributed by atoms with van der Waals surface area (Å²) in [6, 6.07) is 8.30. The van der Waals surface area contributed by atoms with Crippen molar-refractivity contribution in [3.8, 4) is 0 Å². The molecule has 2 aromatic rings. The van der Waals surface area contributed by atoms with Crippen LogP contribution >= 0.6 is 11.3 Å². The Balaban J connectivity index is 1.31. The van der Waals surface area contributed by atoms with E-state index >= 15 is 0 Å². The minimum Gasteiger partial charge on any atom is -0.340 e. The summed E-state index contributed by atoms with van der Waals surface area (Å²) in [7, 11) is 0. The molecule has 2 saturated heterocycles. The van der Waals surface area contributed by atoms with E-state index in [2.05, 4.69) is 40.2 Å². The van der Waals surface area contributed by atoms with E-state index in [9.17, 15) is 4.79 Å². The molecule has 4 rings (SSSR count). The average molecular weight is 344 g/mol. The maximum absolute atomic E-state index is 12.6. The summed E-state index contributed by atoms with van der Waals surface area (Å²) in [5.41, 5.74) is 1.09. The third-order valence-corrected chi connectivity index (χ3v) is 6.31. The molecule has 2 aliphatic rings. The lowest BCUT2D eigenvalue weighted by molar-refractivity contribution is -0.139. The molecule has 1 atom stereocenters. The van der Waals surface area contributed by atoms with Gasteiger partial charge in [0.15, 0.2) is 0 Å². The molecule has 2 fully saturated rings. The van der Waals surface area contributed by atoms with E-state index in [1.165, 1.54) is 9.71 Å². The number of rotatable bonds is 4. The van der Waals surface area contributed by atoms with E-state index in [-0.39, 0.29) is 5.92 Å². The second-order valence-corrected chi connectivity index (χ2v) is 8.00. The quantitative estimate of drug-likeness (QED) is 0.919. The number of nitrogens with zero attached hydrogens (tertiary/aromatic N) is 3. The van der Waals surface area contributed by atoms with Crippen molar-refractivity contribution in [1.29, 1.82) is 0 Å².